The van der Waals surface area contributed by atoms with Crippen molar-refractivity contribution in [2.45, 2.75) is 38.5 Å². The van der Waals surface area contributed by atoms with E-state index >= 15 is 0 Å². The molecular formula is C33H30F3N3O2. The predicted molar refractivity (Wildman–Crippen MR) is 154 cm³/mol. The average molecular weight is 558 g/mol. The second-order valence-electron chi connectivity index (χ2n) is 10.3. The lowest BCUT2D eigenvalue weighted by atomic mass is 9.96. The van der Waals surface area contributed by atoms with E-state index in [9.17, 15) is 22.8 Å². The molecule has 1 aliphatic rings. The van der Waals surface area contributed by atoms with Crippen LogP contribution >= 0.6 is 0 Å². The van der Waals surface area contributed by atoms with Gasteiger partial charge in [0, 0.05) is 29.9 Å². The quantitative estimate of drug-likeness (QED) is 0.259. The summed E-state index contributed by atoms with van der Waals surface area (Å²) in [5.41, 5.74) is 11.1. The van der Waals surface area contributed by atoms with Gasteiger partial charge in [-0.3, -0.25) is 9.59 Å². The van der Waals surface area contributed by atoms with E-state index in [1.165, 1.54) is 6.07 Å². The van der Waals surface area contributed by atoms with E-state index < -0.39 is 23.7 Å². The number of fused-ring (bicyclic) bond motifs is 1. The lowest BCUT2D eigenvalue weighted by molar-refractivity contribution is -0.137. The SMILES string of the molecule is C[C@H](NC(=O)c1ccc2c(c1)CCCN2Cc1ccc(-c2ccccc2C(N)=O)cc1)c1cccc(C(F)(F)F)c1. The van der Waals surface area contributed by atoms with E-state index in [4.69, 9.17) is 5.73 Å². The van der Waals surface area contributed by atoms with E-state index in [2.05, 4.69) is 10.2 Å². The van der Waals surface area contributed by atoms with Crippen LogP contribution in [0.15, 0.2) is 91.0 Å². The third-order valence-corrected chi connectivity index (χ3v) is 7.45. The van der Waals surface area contributed by atoms with Gasteiger partial charge in [-0.2, -0.15) is 13.2 Å². The number of nitrogens with two attached hydrogens (primary N) is 1. The Hall–Kier alpha value is -4.59. The molecule has 2 amide bonds. The Balaban J connectivity index is 1.28. The van der Waals surface area contributed by atoms with Gasteiger partial charge in [-0.05, 0) is 84.0 Å². The van der Waals surface area contributed by atoms with Gasteiger partial charge in [-0.15, -0.1) is 0 Å². The van der Waals surface area contributed by atoms with Gasteiger partial charge in [-0.1, -0.05) is 54.6 Å². The Labute approximate surface area is 236 Å². The number of anilines is 1. The zero-order valence-corrected chi connectivity index (χ0v) is 22.5. The number of primary amides is 1. The summed E-state index contributed by atoms with van der Waals surface area (Å²) in [6.45, 7) is 3.23. The summed E-state index contributed by atoms with van der Waals surface area (Å²) < 4.78 is 39.3. The number of carbonyl (C=O) groups excluding carboxylic acids is 2. The van der Waals surface area contributed by atoms with Gasteiger partial charge in [0.1, 0.15) is 0 Å². The van der Waals surface area contributed by atoms with Gasteiger partial charge >= 0.3 is 6.18 Å². The molecule has 0 saturated heterocycles. The van der Waals surface area contributed by atoms with E-state index in [1.807, 2.05) is 48.5 Å². The van der Waals surface area contributed by atoms with Crippen molar-refractivity contribution in [2.24, 2.45) is 5.73 Å². The second kappa shape index (κ2) is 11.5. The van der Waals surface area contributed by atoms with E-state index in [0.717, 1.165) is 59.5 Å². The molecule has 8 heteroatoms. The summed E-state index contributed by atoms with van der Waals surface area (Å²) in [6.07, 6.45) is -2.68. The number of halogens is 3. The third-order valence-electron chi connectivity index (χ3n) is 7.45. The first-order chi connectivity index (χ1) is 19.6. The molecule has 4 aromatic rings. The first-order valence-corrected chi connectivity index (χ1v) is 13.4. The topological polar surface area (TPSA) is 75.4 Å². The number of nitrogens with one attached hydrogen (secondary N) is 1. The minimum Gasteiger partial charge on any atom is -0.367 e. The second-order valence-corrected chi connectivity index (χ2v) is 10.3. The van der Waals surface area contributed by atoms with Crippen molar-refractivity contribution in [1.29, 1.82) is 0 Å². The van der Waals surface area contributed by atoms with Gasteiger partial charge in [0.2, 0.25) is 5.91 Å². The molecule has 0 aromatic heterocycles. The Bertz CT molecular complexity index is 1580. The number of benzene rings is 4. The number of aryl methyl sites for hydroxylation is 1. The molecule has 3 N–H and O–H groups in total. The fourth-order valence-corrected chi connectivity index (χ4v) is 5.29. The molecule has 0 unspecified atom stereocenters. The van der Waals surface area contributed by atoms with Crippen LogP contribution in [-0.2, 0) is 19.1 Å². The monoisotopic (exact) mass is 557 g/mol. The Kier molecular flexibility index (Phi) is 7.83. The highest BCUT2D eigenvalue weighted by molar-refractivity contribution is 5.99. The van der Waals surface area contributed by atoms with E-state index in [1.54, 1.807) is 31.2 Å². The fraction of sp³-hybridized carbons (Fsp3) is 0.212. The van der Waals surface area contributed by atoms with Gasteiger partial charge in [0.15, 0.2) is 0 Å². The van der Waals surface area contributed by atoms with E-state index in [0.29, 0.717) is 23.2 Å². The molecule has 1 heterocycles. The molecule has 0 aliphatic carbocycles. The summed E-state index contributed by atoms with van der Waals surface area (Å²) in [7, 11) is 0. The molecule has 0 bridgehead atoms. The van der Waals surface area contributed by atoms with Crippen LogP contribution in [0.4, 0.5) is 18.9 Å². The lowest BCUT2D eigenvalue weighted by Crippen LogP contribution is -2.30. The van der Waals surface area contributed by atoms with Crippen LogP contribution in [0.3, 0.4) is 0 Å². The van der Waals surface area contributed by atoms with Crippen molar-refractivity contribution >= 4 is 17.5 Å². The first kappa shape index (κ1) is 28.0. The largest absolute Gasteiger partial charge is 0.416 e. The highest BCUT2D eigenvalue weighted by Crippen LogP contribution is 2.32. The van der Waals surface area contributed by atoms with Crippen molar-refractivity contribution in [1.82, 2.24) is 5.32 Å². The van der Waals surface area contributed by atoms with Gasteiger partial charge < -0.3 is 16.0 Å². The number of nitrogens with zero attached hydrogens (tertiary/aromatic N) is 1. The molecule has 5 nitrogen and oxygen atoms in total. The van der Waals surface area contributed by atoms with Gasteiger partial charge in [0.25, 0.3) is 5.91 Å². The van der Waals surface area contributed by atoms with Crippen LogP contribution in [0.5, 0.6) is 0 Å². The summed E-state index contributed by atoms with van der Waals surface area (Å²) in [5.74, 6) is -0.797. The average Bonchev–Trinajstić information content (AvgIpc) is 2.97. The van der Waals surface area contributed by atoms with Crippen molar-refractivity contribution < 1.29 is 22.8 Å². The van der Waals surface area contributed by atoms with Gasteiger partial charge in [-0.25, -0.2) is 0 Å². The van der Waals surface area contributed by atoms with Gasteiger partial charge in [0.05, 0.1) is 11.6 Å². The minimum absolute atomic E-state index is 0.332. The molecule has 0 radical (unpaired) electrons. The molecular weight excluding hydrogens is 527 g/mol. The normalized spacial score (nSPS) is 13.8. The summed E-state index contributed by atoms with van der Waals surface area (Å²) in [5, 5.41) is 2.83. The highest BCUT2D eigenvalue weighted by atomic mass is 19.4. The van der Waals surface area contributed by atoms with Crippen molar-refractivity contribution in [3.05, 3.63) is 124 Å². The molecule has 210 valence electrons. The smallest absolute Gasteiger partial charge is 0.367 e. The van der Waals surface area contributed by atoms with Crippen LogP contribution in [0.2, 0.25) is 0 Å². The van der Waals surface area contributed by atoms with E-state index in [-0.39, 0.29) is 5.91 Å². The number of hydrogen-bond donors (Lipinski definition) is 2. The van der Waals surface area contributed by atoms with Crippen LogP contribution in [0, 0.1) is 0 Å². The third kappa shape index (κ3) is 6.27. The number of alkyl halides is 3. The molecule has 41 heavy (non-hydrogen) atoms. The molecule has 5 rings (SSSR count). The fourth-order valence-electron chi connectivity index (χ4n) is 5.29. The predicted octanol–water partition coefficient (Wildman–Crippen LogP) is 6.92. The maximum atomic E-state index is 13.1. The van der Waals surface area contributed by atoms with Crippen LogP contribution in [0.1, 0.15) is 62.4 Å². The number of hydrogen-bond acceptors (Lipinski definition) is 3. The summed E-state index contributed by atoms with van der Waals surface area (Å²) in [6, 6.07) is 25.3. The molecule has 0 fully saturated rings. The Morgan fingerprint density at radius 1 is 0.951 bits per heavy atom. The first-order valence-electron chi connectivity index (χ1n) is 13.4. The standard InChI is InChI=1S/C33H30F3N3O2/c1-21(24-6-4-8-27(19-24)33(34,35)36)38-32(41)26-15-16-30-25(18-26)7-5-17-39(30)20-22-11-13-23(14-12-22)28-9-2-3-10-29(28)31(37)40/h2-4,6,8-16,18-19,21H,5,7,17,20H2,1H3,(H2,37,40)(H,38,41)/t21-/m0/s1. The minimum atomic E-state index is -4.44. The zero-order valence-electron chi connectivity index (χ0n) is 22.5. The number of carbonyl (C=O) groups is 2. The Morgan fingerprint density at radius 3 is 2.44 bits per heavy atom. The zero-order chi connectivity index (χ0) is 29.1. The Morgan fingerprint density at radius 2 is 1.71 bits per heavy atom. The lowest BCUT2D eigenvalue weighted by Gasteiger charge is -2.32. The molecule has 1 aliphatic heterocycles. The van der Waals surface area contributed by atoms with Crippen molar-refractivity contribution in [2.75, 3.05) is 11.4 Å². The maximum absolute atomic E-state index is 13.1. The highest BCUT2D eigenvalue weighted by Gasteiger charge is 2.31. The number of amides is 2. The van der Waals surface area contributed by atoms with Crippen LogP contribution < -0.4 is 16.0 Å². The molecule has 4 aromatic carbocycles. The number of rotatable bonds is 7. The van der Waals surface area contributed by atoms with Crippen molar-refractivity contribution in [3.63, 3.8) is 0 Å². The molecule has 0 spiro atoms. The maximum Gasteiger partial charge on any atom is 0.416 e. The molecule has 1 atom stereocenters. The van der Waals surface area contributed by atoms with Crippen molar-refractivity contribution in [3.8, 4) is 11.1 Å². The molecule has 0 saturated carbocycles. The van der Waals surface area contributed by atoms with Crippen LogP contribution in [-0.4, -0.2) is 18.4 Å². The van der Waals surface area contributed by atoms with Crippen LogP contribution in [0.25, 0.3) is 11.1 Å². The summed E-state index contributed by atoms with van der Waals surface area (Å²) in [4.78, 5) is 27.1. The summed E-state index contributed by atoms with van der Waals surface area (Å²) >= 11 is 0.